The highest BCUT2D eigenvalue weighted by atomic mass is 32.1. The van der Waals surface area contributed by atoms with Crippen LogP contribution in [-0.4, -0.2) is 9.78 Å². The number of H-pyrrole nitrogens is 1. The van der Waals surface area contributed by atoms with Crippen molar-refractivity contribution in [1.29, 1.82) is 0 Å². The topological polar surface area (TPSA) is 20.7 Å². The van der Waals surface area contributed by atoms with Gasteiger partial charge in [-0.1, -0.05) is 38.4 Å². The summed E-state index contributed by atoms with van der Waals surface area (Å²) in [6, 6.07) is 2.17. The molecule has 0 bridgehead atoms. The quantitative estimate of drug-likeness (QED) is 0.767. The molecule has 0 amide bonds. The molecule has 0 unspecified atom stereocenters. The minimum atomic E-state index is 0.745. The average Bonchev–Trinajstić information content (AvgIpc) is 2.83. The molecule has 0 saturated heterocycles. The van der Waals surface area contributed by atoms with Gasteiger partial charge in [0.1, 0.15) is 4.64 Å². The molecule has 0 atom stereocenters. The third kappa shape index (κ3) is 2.51. The number of aromatic nitrogens is 2. The molecule has 1 aliphatic carbocycles. The molecule has 0 radical (unpaired) electrons. The van der Waals surface area contributed by atoms with E-state index in [-0.39, 0.29) is 0 Å². The van der Waals surface area contributed by atoms with Crippen molar-refractivity contribution < 1.29 is 0 Å². The van der Waals surface area contributed by atoms with E-state index in [1.54, 1.807) is 0 Å². The van der Waals surface area contributed by atoms with Crippen molar-refractivity contribution in [1.82, 2.24) is 9.78 Å². The first-order valence-electron chi connectivity index (χ1n) is 6.11. The predicted molar refractivity (Wildman–Crippen MR) is 65.7 cm³/mol. The highest BCUT2D eigenvalue weighted by Crippen LogP contribution is 2.33. The minimum Gasteiger partial charge on any atom is -0.301 e. The lowest BCUT2D eigenvalue weighted by Gasteiger charge is -2.06. The molecule has 3 heteroatoms. The summed E-state index contributed by atoms with van der Waals surface area (Å²) in [7, 11) is 0. The van der Waals surface area contributed by atoms with Gasteiger partial charge in [0.25, 0.3) is 0 Å². The lowest BCUT2D eigenvalue weighted by molar-refractivity contribution is 0.549. The van der Waals surface area contributed by atoms with E-state index in [1.807, 2.05) is 0 Å². The van der Waals surface area contributed by atoms with Gasteiger partial charge in [0, 0.05) is 18.2 Å². The number of rotatable bonds is 4. The van der Waals surface area contributed by atoms with Crippen molar-refractivity contribution in [2.45, 2.75) is 57.9 Å². The Kier molecular flexibility index (Phi) is 3.62. The molecular formula is C12H20N2S. The Morgan fingerprint density at radius 1 is 1.47 bits per heavy atom. The third-order valence-corrected chi connectivity index (χ3v) is 3.68. The van der Waals surface area contributed by atoms with E-state index in [9.17, 15) is 0 Å². The molecule has 2 rings (SSSR count). The normalized spacial score (nSPS) is 17.4. The minimum absolute atomic E-state index is 0.745. The Balaban J connectivity index is 2.09. The molecule has 1 saturated carbocycles. The van der Waals surface area contributed by atoms with Crippen LogP contribution < -0.4 is 0 Å². The second-order valence-corrected chi connectivity index (χ2v) is 4.95. The number of aromatic amines is 1. The molecule has 15 heavy (non-hydrogen) atoms. The van der Waals surface area contributed by atoms with Crippen molar-refractivity contribution in [2.75, 3.05) is 0 Å². The third-order valence-electron chi connectivity index (χ3n) is 3.34. The molecule has 1 aliphatic rings. The first kappa shape index (κ1) is 10.9. The Hall–Kier alpha value is -0.570. The predicted octanol–water partition coefficient (Wildman–Crippen LogP) is 4.00. The first-order valence-corrected chi connectivity index (χ1v) is 6.52. The summed E-state index contributed by atoms with van der Waals surface area (Å²) in [6.07, 6.45) is 7.86. The Morgan fingerprint density at radius 3 is 2.87 bits per heavy atom. The molecule has 1 aromatic rings. The maximum Gasteiger partial charge on any atom is 0.122 e. The van der Waals surface area contributed by atoms with Gasteiger partial charge in [0.2, 0.25) is 0 Å². The molecule has 0 aromatic carbocycles. The van der Waals surface area contributed by atoms with E-state index in [2.05, 4.69) is 22.8 Å². The number of nitrogens with zero attached hydrogens (tertiary/aromatic N) is 1. The summed E-state index contributed by atoms with van der Waals surface area (Å²) >= 11 is 5.35. The zero-order valence-corrected chi connectivity index (χ0v) is 10.3. The number of unbranched alkanes of at least 4 members (excludes halogenated alkanes) is 1. The van der Waals surface area contributed by atoms with Crippen LogP contribution in [0.3, 0.4) is 0 Å². The first-order chi connectivity index (χ1) is 7.31. The number of hydrogen-bond donors (Lipinski definition) is 1. The standard InChI is InChI=1S/C12H20N2S/c1-2-3-8-14-12(15)9-11(13-14)10-6-4-5-7-10/h9-10,13H,2-8H2,1H3. The van der Waals surface area contributed by atoms with Gasteiger partial charge < -0.3 is 5.10 Å². The summed E-state index contributed by atoms with van der Waals surface area (Å²) in [5, 5.41) is 3.47. The van der Waals surface area contributed by atoms with Crippen LogP contribution in [0.2, 0.25) is 0 Å². The van der Waals surface area contributed by atoms with E-state index in [1.165, 1.54) is 44.2 Å². The van der Waals surface area contributed by atoms with Gasteiger partial charge in [0.05, 0.1) is 0 Å². The number of nitrogens with one attached hydrogen (secondary N) is 1. The van der Waals surface area contributed by atoms with Gasteiger partial charge in [-0.3, -0.25) is 4.68 Å². The van der Waals surface area contributed by atoms with Gasteiger partial charge in [-0.15, -0.1) is 0 Å². The van der Waals surface area contributed by atoms with Crippen molar-refractivity contribution in [3.05, 3.63) is 16.4 Å². The molecule has 1 N–H and O–H groups in total. The van der Waals surface area contributed by atoms with Crippen molar-refractivity contribution in [3.8, 4) is 0 Å². The maximum atomic E-state index is 5.35. The van der Waals surface area contributed by atoms with E-state index in [0.29, 0.717) is 0 Å². The summed E-state index contributed by atoms with van der Waals surface area (Å²) in [5.41, 5.74) is 1.37. The molecule has 0 aliphatic heterocycles. The van der Waals surface area contributed by atoms with E-state index in [4.69, 9.17) is 12.2 Å². The van der Waals surface area contributed by atoms with Gasteiger partial charge in [-0.05, 0) is 25.3 Å². The largest absolute Gasteiger partial charge is 0.301 e. The van der Waals surface area contributed by atoms with Gasteiger partial charge in [0.15, 0.2) is 0 Å². The van der Waals surface area contributed by atoms with Crippen molar-refractivity contribution >= 4 is 12.2 Å². The van der Waals surface area contributed by atoms with E-state index < -0.39 is 0 Å². The van der Waals surface area contributed by atoms with Crippen LogP contribution in [0.15, 0.2) is 6.07 Å². The summed E-state index contributed by atoms with van der Waals surface area (Å²) < 4.78 is 3.11. The molecule has 1 fully saturated rings. The SMILES string of the molecule is CCCCn1[nH]c(C2CCCC2)cc1=S. The van der Waals surface area contributed by atoms with Gasteiger partial charge in [-0.2, -0.15) is 0 Å². The second-order valence-electron chi connectivity index (χ2n) is 4.54. The molecule has 84 valence electrons. The maximum absolute atomic E-state index is 5.35. The monoisotopic (exact) mass is 224 g/mol. The smallest absolute Gasteiger partial charge is 0.122 e. The molecule has 1 aromatic heterocycles. The molecular weight excluding hydrogens is 204 g/mol. The van der Waals surface area contributed by atoms with Crippen LogP contribution in [0.25, 0.3) is 0 Å². The van der Waals surface area contributed by atoms with Crippen molar-refractivity contribution in [3.63, 3.8) is 0 Å². The molecule has 2 nitrogen and oxygen atoms in total. The summed E-state index contributed by atoms with van der Waals surface area (Å²) in [6.45, 7) is 3.26. The molecule has 1 heterocycles. The lowest BCUT2D eigenvalue weighted by atomic mass is 10.1. The van der Waals surface area contributed by atoms with Crippen LogP contribution in [0.4, 0.5) is 0 Å². The zero-order valence-electron chi connectivity index (χ0n) is 9.46. The van der Waals surface area contributed by atoms with E-state index in [0.717, 1.165) is 17.1 Å². The molecule has 0 spiro atoms. The van der Waals surface area contributed by atoms with Crippen LogP contribution >= 0.6 is 12.2 Å². The van der Waals surface area contributed by atoms with Crippen molar-refractivity contribution in [2.24, 2.45) is 0 Å². The van der Waals surface area contributed by atoms with Gasteiger partial charge in [-0.25, -0.2) is 0 Å². The van der Waals surface area contributed by atoms with Crippen LogP contribution in [0, 0.1) is 4.64 Å². The highest BCUT2D eigenvalue weighted by Gasteiger charge is 2.18. The Bertz CT molecular complexity index is 358. The summed E-state index contributed by atoms with van der Waals surface area (Å²) in [4.78, 5) is 0. The number of aryl methyl sites for hydroxylation is 1. The Labute approximate surface area is 96.7 Å². The second kappa shape index (κ2) is 4.97. The fraction of sp³-hybridized carbons (Fsp3) is 0.750. The summed E-state index contributed by atoms with van der Waals surface area (Å²) in [5.74, 6) is 0.745. The van der Waals surface area contributed by atoms with E-state index >= 15 is 0 Å². The highest BCUT2D eigenvalue weighted by molar-refractivity contribution is 7.71. The van der Waals surface area contributed by atoms with Crippen LogP contribution in [0.5, 0.6) is 0 Å². The fourth-order valence-corrected chi connectivity index (χ4v) is 2.65. The van der Waals surface area contributed by atoms with Gasteiger partial charge >= 0.3 is 0 Å². The number of hydrogen-bond acceptors (Lipinski definition) is 1. The zero-order chi connectivity index (χ0) is 10.7. The van der Waals surface area contributed by atoms with Crippen LogP contribution in [0.1, 0.15) is 57.1 Å². The van der Waals surface area contributed by atoms with Crippen LogP contribution in [-0.2, 0) is 6.54 Å². The lowest BCUT2D eigenvalue weighted by Crippen LogP contribution is -2.01. The Morgan fingerprint density at radius 2 is 2.20 bits per heavy atom. The average molecular weight is 224 g/mol. The fourth-order valence-electron chi connectivity index (χ4n) is 2.38.